The van der Waals surface area contributed by atoms with Crippen LogP contribution in [0.25, 0.3) is 0 Å². The highest BCUT2D eigenvalue weighted by Crippen LogP contribution is 1.97. The van der Waals surface area contributed by atoms with Gasteiger partial charge in [0.1, 0.15) is 6.04 Å². The molecule has 1 aliphatic heterocycles. The zero-order valence-electron chi connectivity index (χ0n) is 10.1. The van der Waals surface area contributed by atoms with Crippen LogP contribution in [0.1, 0.15) is 6.92 Å². The number of fused-ring (bicyclic) bond motifs is 1. The predicted molar refractivity (Wildman–Crippen MR) is 62.2 cm³/mol. The SMILES string of the molecule is COC(=O)C(C)NC(=O)C1N=c2ccccc2=N1. The summed E-state index contributed by atoms with van der Waals surface area (Å²) in [5.41, 5.74) is 0. The largest absolute Gasteiger partial charge is 0.467 e. The molecule has 18 heavy (non-hydrogen) atoms. The van der Waals surface area contributed by atoms with Crippen LogP contribution in [0.2, 0.25) is 0 Å². The molecule has 1 aromatic rings. The predicted octanol–water partition coefficient (Wildman–Crippen LogP) is -1.06. The number of rotatable bonds is 3. The first-order valence-corrected chi connectivity index (χ1v) is 5.50. The number of methoxy groups -OCH3 is 1. The Morgan fingerprint density at radius 3 is 2.33 bits per heavy atom. The van der Waals surface area contributed by atoms with Crippen LogP contribution in [-0.2, 0) is 14.3 Å². The Kier molecular flexibility index (Phi) is 3.36. The molecule has 0 spiro atoms. The molecule has 0 fully saturated rings. The molecule has 1 heterocycles. The van der Waals surface area contributed by atoms with Crippen LogP contribution in [0.15, 0.2) is 34.3 Å². The fourth-order valence-corrected chi connectivity index (χ4v) is 1.62. The molecule has 0 bridgehead atoms. The van der Waals surface area contributed by atoms with E-state index >= 15 is 0 Å². The van der Waals surface area contributed by atoms with Crippen molar-refractivity contribution < 1.29 is 14.3 Å². The number of amides is 1. The molecule has 6 nitrogen and oxygen atoms in total. The lowest BCUT2D eigenvalue weighted by atomic mass is 10.3. The second-order valence-electron chi connectivity index (χ2n) is 3.87. The van der Waals surface area contributed by atoms with Gasteiger partial charge in [0.25, 0.3) is 5.91 Å². The summed E-state index contributed by atoms with van der Waals surface area (Å²) < 4.78 is 4.52. The van der Waals surface area contributed by atoms with Gasteiger partial charge in [-0.2, -0.15) is 0 Å². The van der Waals surface area contributed by atoms with E-state index in [9.17, 15) is 9.59 Å². The first-order valence-electron chi connectivity index (χ1n) is 5.50. The molecule has 1 unspecified atom stereocenters. The van der Waals surface area contributed by atoms with E-state index in [2.05, 4.69) is 20.0 Å². The van der Waals surface area contributed by atoms with Crippen molar-refractivity contribution in [3.05, 3.63) is 35.0 Å². The van der Waals surface area contributed by atoms with E-state index in [1.807, 2.05) is 12.1 Å². The van der Waals surface area contributed by atoms with E-state index in [1.165, 1.54) is 7.11 Å². The van der Waals surface area contributed by atoms with Gasteiger partial charge in [-0.15, -0.1) is 0 Å². The number of hydrogen-bond acceptors (Lipinski definition) is 5. The molecule has 1 aromatic carbocycles. The molecular weight excluding hydrogens is 234 g/mol. The van der Waals surface area contributed by atoms with Gasteiger partial charge in [0.15, 0.2) is 0 Å². The maximum absolute atomic E-state index is 11.8. The Labute approximate surface area is 103 Å². The number of hydrogen-bond donors (Lipinski definition) is 1. The van der Waals surface area contributed by atoms with Gasteiger partial charge in [0.2, 0.25) is 6.17 Å². The maximum Gasteiger partial charge on any atom is 0.328 e. The van der Waals surface area contributed by atoms with Crippen LogP contribution >= 0.6 is 0 Å². The Morgan fingerprint density at radius 1 is 1.28 bits per heavy atom. The molecule has 0 radical (unpaired) electrons. The topological polar surface area (TPSA) is 80.1 Å². The minimum atomic E-state index is -0.825. The van der Waals surface area contributed by atoms with Crippen LogP contribution in [0.5, 0.6) is 0 Å². The van der Waals surface area contributed by atoms with Crippen molar-refractivity contribution in [3.63, 3.8) is 0 Å². The first-order chi connectivity index (χ1) is 8.61. The van der Waals surface area contributed by atoms with Gasteiger partial charge in [-0.05, 0) is 19.1 Å². The number of carbonyl (C=O) groups is 2. The van der Waals surface area contributed by atoms with E-state index in [-0.39, 0.29) is 0 Å². The van der Waals surface area contributed by atoms with E-state index in [0.29, 0.717) is 10.7 Å². The van der Waals surface area contributed by atoms with Crippen LogP contribution in [0.3, 0.4) is 0 Å². The Morgan fingerprint density at radius 2 is 1.83 bits per heavy atom. The summed E-state index contributed by atoms with van der Waals surface area (Å²) in [5, 5.41) is 3.87. The Bertz CT molecular complexity index is 562. The summed E-state index contributed by atoms with van der Waals surface area (Å²) in [5.74, 6) is -0.914. The highest BCUT2D eigenvalue weighted by atomic mass is 16.5. The molecule has 0 aliphatic carbocycles. The molecule has 1 atom stereocenters. The second kappa shape index (κ2) is 4.95. The maximum atomic E-state index is 11.8. The third-order valence-electron chi connectivity index (χ3n) is 2.55. The number of esters is 1. The lowest BCUT2D eigenvalue weighted by Gasteiger charge is -2.12. The van der Waals surface area contributed by atoms with Crippen LogP contribution in [0.4, 0.5) is 0 Å². The standard InChI is InChI=1S/C12H13N3O3/c1-7(12(17)18-2)13-11(16)10-14-8-5-3-4-6-9(8)15-10/h3-7,10H,1-2H3,(H,13,16). The monoisotopic (exact) mass is 247 g/mol. The average molecular weight is 247 g/mol. The quantitative estimate of drug-likeness (QED) is 0.692. The van der Waals surface area contributed by atoms with Crippen molar-refractivity contribution >= 4 is 11.9 Å². The van der Waals surface area contributed by atoms with Crippen molar-refractivity contribution in [2.45, 2.75) is 19.1 Å². The van der Waals surface area contributed by atoms with Gasteiger partial charge in [-0.1, -0.05) is 12.1 Å². The van der Waals surface area contributed by atoms with Crippen molar-refractivity contribution in [2.24, 2.45) is 9.98 Å². The van der Waals surface area contributed by atoms with Crippen molar-refractivity contribution in [3.8, 4) is 0 Å². The molecule has 0 saturated carbocycles. The minimum absolute atomic E-state index is 0.413. The van der Waals surface area contributed by atoms with Gasteiger partial charge >= 0.3 is 5.97 Å². The molecule has 1 amide bonds. The Balaban J connectivity index is 2.09. The zero-order chi connectivity index (χ0) is 13.1. The first kappa shape index (κ1) is 12.2. The summed E-state index contributed by atoms with van der Waals surface area (Å²) in [6.07, 6.45) is -0.825. The third kappa shape index (κ3) is 2.37. The number of nitrogens with zero attached hydrogens (tertiary/aromatic N) is 2. The van der Waals surface area contributed by atoms with Gasteiger partial charge < -0.3 is 10.1 Å². The van der Waals surface area contributed by atoms with E-state index < -0.39 is 24.1 Å². The molecule has 1 N–H and O–H groups in total. The smallest absolute Gasteiger partial charge is 0.328 e. The molecule has 0 aromatic heterocycles. The molecule has 94 valence electrons. The highest BCUT2D eigenvalue weighted by molar-refractivity contribution is 5.87. The molecule has 6 heteroatoms. The number of ether oxygens (including phenoxy) is 1. The normalized spacial score (nSPS) is 15.0. The minimum Gasteiger partial charge on any atom is -0.467 e. The zero-order valence-corrected chi connectivity index (χ0v) is 10.1. The summed E-state index contributed by atoms with van der Waals surface area (Å²) in [4.78, 5) is 31.3. The number of nitrogens with one attached hydrogen (secondary N) is 1. The van der Waals surface area contributed by atoms with Gasteiger partial charge in [0.05, 0.1) is 17.8 Å². The molecular formula is C12H13N3O3. The van der Waals surface area contributed by atoms with E-state index in [4.69, 9.17) is 0 Å². The number of benzene rings is 1. The van der Waals surface area contributed by atoms with Crippen LogP contribution in [0, 0.1) is 0 Å². The average Bonchev–Trinajstić information content (AvgIpc) is 2.81. The van der Waals surface area contributed by atoms with Crippen LogP contribution in [-0.4, -0.2) is 31.2 Å². The van der Waals surface area contributed by atoms with Gasteiger partial charge in [0, 0.05) is 0 Å². The highest BCUT2D eigenvalue weighted by Gasteiger charge is 2.23. The molecule has 0 saturated heterocycles. The summed E-state index contributed by atoms with van der Waals surface area (Å²) in [6.45, 7) is 1.55. The summed E-state index contributed by atoms with van der Waals surface area (Å²) in [6, 6.07) is 6.52. The molecule has 1 aliphatic rings. The van der Waals surface area contributed by atoms with Crippen molar-refractivity contribution in [1.82, 2.24) is 5.32 Å². The van der Waals surface area contributed by atoms with Crippen LogP contribution < -0.4 is 16.0 Å². The van der Waals surface area contributed by atoms with E-state index in [0.717, 1.165) is 0 Å². The number of para-hydroxylation sites is 2. The Hall–Kier alpha value is -2.24. The van der Waals surface area contributed by atoms with Crippen molar-refractivity contribution in [1.29, 1.82) is 0 Å². The second-order valence-corrected chi connectivity index (χ2v) is 3.87. The van der Waals surface area contributed by atoms with Crippen molar-refractivity contribution in [2.75, 3.05) is 7.11 Å². The lowest BCUT2D eigenvalue weighted by Crippen LogP contribution is -2.43. The lowest BCUT2D eigenvalue weighted by molar-refractivity contribution is -0.144. The summed E-state index contributed by atoms with van der Waals surface area (Å²) in [7, 11) is 1.27. The number of carbonyl (C=O) groups excluding carboxylic acids is 2. The molecule has 2 rings (SSSR count). The van der Waals surface area contributed by atoms with Gasteiger partial charge in [-0.25, -0.2) is 14.8 Å². The fourth-order valence-electron chi connectivity index (χ4n) is 1.62. The fraction of sp³-hybridized carbons (Fsp3) is 0.333. The van der Waals surface area contributed by atoms with E-state index in [1.54, 1.807) is 19.1 Å². The summed E-state index contributed by atoms with van der Waals surface area (Å²) >= 11 is 0. The van der Waals surface area contributed by atoms with Gasteiger partial charge in [-0.3, -0.25) is 4.79 Å². The third-order valence-corrected chi connectivity index (χ3v) is 2.55.